The van der Waals surface area contributed by atoms with Gasteiger partial charge in [-0.1, -0.05) is 28.4 Å². The first-order chi connectivity index (χ1) is 9.06. The second-order valence-electron chi connectivity index (χ2n) is 3.61. The van der Waals surface area contributed by atoms with Crippen molar-refractivity contribution in [2.24, 2.45) is 0 Å². The molecule has 7 nitrogen and oxygen atoms in total. The Hall–Kier alpha value is -1.73. The first kappa shape index (κ1) is 13.7. The third-order valence-electron chi connectivity index (χ3n) is 2.16. The fraction of sp³-hybridized carbons (Fsp3) is 0.300. The lowest BCUT2D eigenvalue weighted by Crippen LogP contribution is -2.26. The van der Waals surface area contributed by atoms with Gasteiger partial charge < -0.3 is 9.84 Å². The molecule has 100 valence electrons. The summed E-state index contributed by atoms with van der Waals surface area (Å²) < 4.78 is 4.91. The van der Waals surface area contributed by atoms with Gasteiger partial charge in [0, 0.05) is 13.0 Å². The third-order valence-corrected chi connectivity index (χ3v) is 2.62. The maximum atomic E-state index is 11.8. The van der Waals surface area contributed by atoms with Crippen LogP contribution in [0.15, 0.2) is 10.6 Å². The predicted molar refractivity (Wildman–Crippen MR) is 67.1 cm³/mol. The fourth-order valence-corrected chi connectivity index (χ4v) is 1.66. The lowest BCUT2D eigenvalue weighted by molar-refractivity contribution is 0.0953. The molecular formula is C10H9Cl2N5O2. The number of carbonyl (C=O) groups excluding carboxylic acids is 1. The Balaban J connectivity index is 1.92. The number of aromatic nitrogens is 4. The van der Waals surface area contributed by atoms with Gasteiger partial charge in [-0.15, -0.1) is 10.2 Å². The molecule has 2 aromatic rings. The molecule has 0 fully saturated rings. The SMILES string of the molecule is Cc1noc(CCNC(=O)c2cc(Cl)nnc2Cl)n1. The van der Waals surface area contributed by atoms with Crippen molar-refractivity contribution in [3.05, 3.63) is 33.7 Å². The van der Waals surface area contributed by atoms with Crippen LogP contribution in [0.3, 0.4) is 0 Å². The first-order valence-corrected chi connectivity index (χ1v) is 6.08. The first-order valence-electron chi connectivity index (χ1n) is 5.32. The van der Waals surface area contributed by atoms with E-state index in [4.69, 9.17) is 27.7 Å². The Bertz CT molecular complexity index is 601. The molecule has 19 heavy (non-hydrogen) atoms. The van der Waals surface area contributed by atoms with Crippen LogP contribution in [0, 0.1) is 6.92 Å². The minimum atomic E-state index is -0.391. The van der Waals surface area contributed by atoms with Crippen LogP contribution in [0.25, 0.3) is 0 Å². The molecule has 2 aromatic heterocycles. The smallest absolute Gasteiger partial charge is 0.254 e. The van der Waals surface area contributed by atoms with Gasteiger partial charge in [-0.25, -0.2) is 0 Å². The quantitative estimate of drug-likeness (QED) is 0.918. The third kappa shape index (κ3) is 3.62. The molecule has 0 atom stereocenters. The molecule has 0 aliphatic rings. The van der Waals surface area contributed by atoms with Crippen LogP contribution in [0.1, 0.15) is 22.1 Å². The fourth-order valence-electron chi connectivity index (χ4n) is 1.33. The number of halogens is 2. The molecular weight excluding hydrogens is 293 g/mol. The van der Waals surface area contributed by atoms with Crippen LogP contribution in [-0.4, -0.2) is 32.8 Å². The van der Waals surface area contributed by atoms with Crippen LogP contribution in [0.4, 0.5) is 0 Å². The summed E-state index contributed by atoms with van der Waals surface area (Å²) in [6, 6.07) is 1.35. The Labute approximate surface area is 118 Å². The van der Waals surface area contributed by atoms with Gasteiger partial charge >= 0.3 is 0 Å². The molecule has 1 amide bonds. The Morgan fingerprint density at radius 2 is 2.21 bits per heavy atom. The Morgan fingerprint density at radius 1 is 1.42 bits per heavy atom. The van der Waals surface area contributed by atoms with Crippen molar-refractivity contribution in [2.45, 2.75) is 13.3 Å². The molecule has 0 spiro atoms. The molecule has 0 aliphatic heterocycles. The minimum absolute atomic E-state index is 0.00413. The highest BCUT2D eigenvalue weighted by atomic mass is 35.5. The van der Waals surface area contributed by atoms with Gasteiger partial charge in [-0.3, -0.25) is 4.79 Å². The highest BCUT2D eigenvalue weighted by Gasteiger charge is 2.13. The van der Waals surface area contributed by atoms with Gasteiger partial charge in [0.15, 0.2) is 16.1 Å². The van der Waals surface area contributed by atoms with Crippen LogP contribution in [0.5, 0.6) is 0 Å². The summed E-state index contributed by atoms with van der Waals surface area (Å²) in [6.07, 6.45) is 0.427. The summed E-state index contributed by atoms with van der Waals surface area (Å²) in [5.41, 5.74) is 0.170. The molecule has 0 radical (unpaired) electrons. The number of nitrogens with one attached hydrogen (secondary N) is 1. The maximum Gasteiger partial charge on any atom is 0.254 e. The highest BCUT2D eigenvalue weighted by molar-refractivity contribution is 6.34. The van der Waals surface area contributed by atoms with E-state index in [0.29, 0.717) is 24.7 Å². The number of amides is 1. The number of aryl methyl sites for hydroxylation is 1. The minimum Gasteiger partial charge on any atom is -0.351 e. The summed E-state index contributed by atoms with van der Waals surface area (Å²) in [6.45, 7) is 2.05. The zero-order valence-corrected chi connectivity index (χ0v) is 11.4. The number of carbonyl (C=O) groups is 1. The zero-order chi connectivity index (χ0) is 13.8. The van der Waals surface area contributed by atoms with Gasteiger partial charge in [-0.05, 0) is 13.0 Å². The normalized spacial score (nSPS) is 10.5. The van der Waals surface area contributed by atoms with E-state index in [1.165, 1.54) is 6.07 Å². The summed E-state index contributed by atoms with van der Waals surface area (Å²) in [7, 11) is 0. The summed E-state index contributed by atoms with van der Waals surface area (Å²) in [4.78, 5) is 15.8. The van der Waals surface area contributed by atoms with Crippen molar-refractivity contribution < 1.29 is 9.32 Å². The van der Waals surface area contributed by atoms with Gasteiger partial charge in [0.05, 0.1) is 5.56 Å². The van der Waals surface area contributed by atoms with E-state index in [0.717, 1.165) is 0 Å². The van der Waals surface area contributed by atoms with E-state index in [9.17, 15) is 4.79 Å². The largest absolute Gasteiger partial charge is 0.351 e. The van der Waals surface area contributed by atoms with Gasteiger partial charge in [-0.2, -0.15) is 4.98 Å². The van der Waals surface area contributed by atoms with Crippen molar-refractivity contribution in [3.8, 4) is 0 Å². The average molecular weight is 302 g/mol. The van der Waals surface area contributed by atoms with Crippen LogP contribution in [0.2, 0.25) is 10.3 Å². The predicted octanol–water partition coefficient (Wildman–Crippen LogP) is 1.45. The second-order valence-corrected chi connectivity index (χ2v) is 4.36. The van der Waals surface area contributed by atoms with Gasteiger partial charge in [0.25, 0.3) is 5.91 Å². The molecule has 2 heterocycles. The van der Waals surface area contributed by atoms with E-state index >= 15 is 0 Å². The summed E-state index contributed by atoms with van der Waals surface area (Å²) in [5, 5.41) is 13.5. The van der Waals surface area contributed by atoms with E-state index in [-0.39, 0.29) is 15.9 Å². The van der Waals surface area contributed by atoms with Crippen LogP contribution in [-0.2, 0) is 6.42 Å². The van der Waals surface area contributed by atoms with E-state index in [1.807, 2.05) is 0 Å². The van der Waals surface area contributed by atoms with Crippen LogP contribution < -0.4 is 5.32 Å². The van der Waals surface area contributed by atoms with Crippen molar-refractivity contribution in [1.82, 2.24) is 25.7 Å². The monoisotopic (exact) mass is 301 g/mol. The number of rotatable bonds is 4. The van der Waals surface area contributed by atoms with Gasteiger partial charge in [0.1, 0.15) is 0 Å². The Kier molecular flexibility index (Phi) is 4.28. The standard InChI is InChI=1S/C10H9Cl2N5O2/c1-5-14-8(19-17-5)2-3-13-10(18)6-4-7(11)15-16-9(6)12/h4H,2-3H2,1H3,(H,13,18). The molecule has 0 aromatic carbocycles. The van der Waals surface area contributed by atoms with Crippen molar-refractivity contribution in [2.75, 3.05) is 6.54 Å². The highest BCUT2D eigenvalue weighted by Crippen LogP contribution is 2.14. The summed E-state index contributed by atoms with van der Waals surface area (Å²) in [5.74, 6) is 0.613. The zero-order valence-electron chi connectivity index (χ0n) is 9.85. The Morgan fingerprint density at radius 3 is 2.89 bits per heavy atom. The van der Waals surface area contributed by atoms with Crippen molar-refractivity contribution in [3.63, 3.8) is 0 Å². The van der Waals surface area contributed by atoms with E-state index < -0.39 is 5.91 Å². The van der Waals surface area contributed by atoms with E-state index in [1.54, 1.807) is 6.92 Å². The summed E-state index contributed by atoms with van der Waals surface area (Å²) >= 11 is 11.4. The number of nitrogens with zero attached hydrogens (tertiary/aromatic N) is 4. The molecule has 1 N–H and O–H groups in total. The lowest BCUT2D eigenvalue weighted by Gasteiger charge is -2.04. The van der Waals surface area contributed by atoms with E-state index in [2.05, 4.69) is 25.7 Å². The topological polar surface area (TPSA) is 93.8 Å². The van der Waals surface area contributed by atoms with Crippen LogP contribution >= 0.6 is 23.2 Å². The second kappa shape index (κ2) is 5.94. The lowest BCUT2D eigenvalue weighted by atomic mass is 10.3. The van der Waals surface area contributed by atoms with Crippen molar-refractivity contribution in [1.29, 1.82) is 0 Å². The number of hydrogen-bond acceptors (Lipinski definition) is 6. The molecule has 0 bridgehead atoms. The molecule has 0 unspecified atom stereocenters. The molecule has 0 saturated heterocycles. The molecule has 9 heteroatoms. The van der Waals surface area contributed by atoms with Crippen molar-refractivity contribution >= 4 is 29.1 Å². The van der Waals surface area contributed by atoms with Gasteiger partial charge in [0.2, 0.25) is 5.89 Å². The number of hydrogen-bond donors (Lipinski definition) is 1. The average Bonchev–Trinajstić information content (AvgIpc) is 2.78. The molecule has 0 saturated carbocycles. The molecule has 0 aliphatic carbocycles. The molecule has 2 rings (SSSR count). The maximum absolute atomic E-state index is 11.8.